The van der Waals surface area contributed by atoms with Gasteiger partial charge in [-0.05, 0) is 54.1 Å². The van der Waals surface area contributed by atoms with Crippen molar-refractivity contribution in [2.75, 3.05) is 40.0 Å². The zero-order valence-corrected chi connectivity index (χ0v) is 24.4. The molecule has 10 nitrogen and oxygen atoms in total. The molecular formula is C27H39IN2O8. The first kappa shape index (κ1) is 32.0. The Hall–Kier alpha value is -2.22. The van der Waals surface area contributed by atoms with Crippen LogP contribution in [0.1, 0.15) is 56.3 Å². The maximum atomic E-state index is 13.2. The van der Waals surface area contributed by atoms with Crippen LogP contribution in [0, 0.1) is 3.57 Å². The molecule has 1 aromatic rings. The van der Waals surface area contributed by atoms with Crippen LogP contribution in [0.3, 0.4) is 0 Å². The number of carbonyl (C=O) groups excluding carboxylic acids is 3. The number of carbonyl (C=O) groups is 3. The molecule has 0 heterocycles. The van der Waals surface area contributed by atoms with E-state index in [1.807, 2.05) is 22.6 Å². The summed E-state index contributed by atoms with van der Waals surface area (Å²) in [4.78, 5) is 39.0. The molecule has 0 spiro atoms. The van der Waals surface area contributed by atoms with Gasteiger partial charge in [0.25, 0.3) is 0 Å². The standard InChI is InChI=1S/C27H39IN2O8/c1-4-6-7-8-10-30(24(33)17-37-5-2)21-14-19(27(35)29-9-11-31)15-22(25(21)34)38-26-20(28)12-18(16-32)13-23(26)36-3/h12-13,15-16,21-22,25,31,34H,4-11,14,17H2,1-3H3,(H,29,35). The number of unbranched alkanes of at least 4 members (excludes halogenated alkanes) is 3. The number of aliphatic hydroxyl groups excluding tert-OH is 2. The molecule has 1 aliphatic carbocycles. The first-order chi connectivity index (χ1) is 18.3. The Balaban J connectivity index is 2.46. The molecule has 0 radical (unpaired) electrons. The van der Waals surface area contributed by atoms with Crippen LogP contribution in [-0.2, 0) is 14.3 Å². The van der Waals surface area contributed by atoms with E-state index in [4.69, 9.17) is 19.3 Å². The van der Waals surface area contributed by atoms with Crippen molar-refractivity contribution in [1.82, 2.24) is 10.2 Å². The van der Waals surface area contributed by atoms with Crippen LogP contribution >= 0.6 is 22.6 Å². The minimum Gasteiger partial charge on any atom is -0.493 e. The quantitative estimate of drug-likeness (QED) is 0.142. The van der Waals surface area contributed by atoms with E-state index in [0.717, 1.165) is 25.7 Å². The van der Waals surface area contributed by atoms with E-state index in [1.165, 1.54) is 13.2 Å². The third kappa shape index (κ3) is 8.92. The first-order valence-electron chi connectivity index (χ1n) is 13.0. The summed E-state index contributed by atoms with van der Waals surface area (Å²) in [7, 11) is 1.45. The van der Waals surface area contributed by atoms with Gasteiger partial charge in [0.15, 0.2) is 11.5 Å². The van der Waals surface area contributed by atoms with Crippen molar-refractivity contribution in [3.63, 3.8) is 0 Å². The number of halogens is 1. The Bertz CT molecular complexity index is 971. The number of ether oxygens (including phenoxy) is 3. The molecule has 1 aromatic carbocycles. The number of nitrogens with one attached hydrogen (secondary N) is 1. The summed E-state index contributed by atoms with van der Waals surface area (Å²) >= 11 is 2.01. The second-order valence-electron chi connectivity index (χ2n) is 8.95. The summed E-state index contributed by atoms with van der Waals surface area (Å²) in [5, 5.41) is 23.3. The number of aldehydes is 1. The van der Waals surface area contributed by atoms with Crippen molar-refractivity contribution in [2.24, 2.45) is 0 Å². The topological polar surface area (TPSA) is 135 Å². The molecule has 212 valence electrons. The lowest BCUT2D eigenvalue weighted by molar-refractivity contribution is -0.143. The molecule has 0 aromatic heterocycles. The summed E-state index contributed by atoms with van der Waals surface area (Å²) in [5.41, 5.74) is 0.736. The highest BCUT2D eigenvalue weighted by Crippen LogP contribution is 2.37. The monoisotopic (exact) mass is 646 g/mol. The molecule has 11 heteroatoms. The largest absolute Gasteiger partial charge is 0.493 e. The van der Waals surface area contributed by atoms with Crippen molar-refractivity contribution in [2.45, 2.75) is 64.2 Å². The average molecular weight is 647 g/mol. The van der Waals surface area contributed by atoms with Crippen LogP contribution in [0.5, 0.6) is 11.5 Å². The van der Waals surface area contributed by atoms with Crippen LogP contribution in [-0.4, -0.2) is 91.5 Å². The molecule has 0 aliphatic heterocycles. The molecule has 2 amide bonds. The van der Waals surface area contributed by atoms with Gasteiger partial charge in [-0.15, -0.1) is 0 Å². The fourth-order valence-corrected chi connectivity index (χ4v) is 5.05. The van der Waals surface area contributed by atoms with E-state index in [0.29, 0.717) is 45.6 Å². The molecule has 2 rings (SSSR count). The molecule has 3 unspecified atom stereocenters. The van der Waals surface area contributed by atoms with Crippen molar-refractivity contribution < 1.29 is 38.8 Å². The molecular weight excluding hydrogens is 607 g/mol. The van der Waals surface area contributed by atoms with Crippen LogP contribution in [0.25, 0.3) is 0 Å². The Morgan fingerprint density at radius 1 is 1.24 bits per heavy atom. The Morgan fingerprint density at radius 3 is 2.63 bits per heavy atom. The van der Waals surface area contributed by atoms with E-state index in [1.54, 1.807) is 24.0 Å². The van der Waals surface area contributed by atoms with Crippen molar-refractivity contribution in [3.8, 4) is 11.5 Å². The minimum atomic E-state index is -1.16. The lowest BCUT2D eigenvalue weighted by Gasteiger charge is -2.40. The molecule has 3 N–H and O–H groups in total. The van der Waals surface area contributed by atoms with E-state index in [2.05, 4.69) is 12.2 Å². The zero-order valence-electron chi connectivity index (χ0n) is 22.3. The number of hydrogen-bond acceptors (Lipinski definition) is 8. The van der Waals surface area contributed by atoms with E-state index >= 15 is 0 Å². The normalized spacial score (nSPS) is 18.9. The molecule has 0 fully saturated rings. The van der Waals surface area contributed by atoms with Crippen molar-refractivity contribution >= 4 is 40.7 Å². The minimum absolute atomic E-state index is 0.0673. The van der Waals surface area contributed by atoms with E-state index in [-0.39, 0.29) is 32.1 Å². The predicted molar refractivity (Wildman–Crippen MR) is 150 cm³/mol. The third-order valence-corrected chi connectivity index (χ3v) is 7.06. The second kappa shape index (κ2) is 16.7. The van der Waals surface area contributed by atoms with Gasteiger partial charge in [-0.1, -0.05) is 26.2 Å². The van der Waals surface area contributed by atoms with Gasteiger partial charge in [0, 0.05) is 37.3 Å². The predicted octanol–water partition coefficient (Wildman–Crippen LogP) is 2.47. The molecule has 38 heavy (non-hydrogen) atoms. The van der Waals surface area contributed by atoms with Gasteiger partial charge in [0.05, 0.1) is 23.3 Å². The van der Waals surface area contributed by atoms with Crippen molar-refractivity contribution in [1.29, 1.82) is 0 Å². The lowest BCUT2D eigenvalue weighted by atomic mass is 9.88. The van der Waals surface area contributed by atoms with Crippen LogP contribution < -0.4 is 14.8 Å². The van der Waals surface area contributed by atoms with Crippen molar-refractivity contribution in [3.05, 3.63) is 32.9 Å². The molecule has 1 aliphatic rings. The maximum Gasteiger partial charge on any atom is 0.248 e. The molecule has 0 saturated carbocycles. The van der Waals surface area contributed by atoms with Crippen LogP contribution in [0.15, 0.2) is 23.8 Å². The zero-order chi connectivity index (χ0) is 28.1. The summed E-state index contributed by atoms with van der Waals surface area (Å²) in [6, 6.07) is 2.41. The SMILES string of the molecule is CCCCCCN(C(=O)COCC)C1CC(C(=O)NCCO)=CC(Oc2c(I)cc(C=O)cc2OC)C1O. The lowest BCUT2D eigenvalue weighted by Crippen LogP contribution is -2.56. The number of amides is 2. The number of methoxy groups -OCH3 is 1. The van der Waals surface area contributed by atoms with Crippen LogP contribution in [0.2, 0.25) is 0 Å². The average Bonchev–Trinajstić information content (AvgIpc) is 2.92. The highest BCUT2D eigenvalue weighted by atomic mass is 127. The third-order valence-electron chi connectivity index (χ3n) is 6.26. The summed E-state index contributed by atoms with van der Waals surface area (Å²) < 4.78 is 17.6. The highest BCUT2D eigenvalue weighted by Gasteiger charge is 2.40. The second-order valence-corrected chi connectivity index (χ2v) is 10.1. The first-order valence-corrected chi connectivity index (χ1v) is 14.0. The fraction of sp³-hybridized carbons (Fsp3) is 0.593. The summed E-state index contributed by atoms with van der Waals surface area (Å²) in [6.07, 6.45) is 3.93. The Kier molecular flexibility index (Phi) is 14.0. The van der Waals surface area contributed by atoms with Gasteiger partial charge >= 0.3 is 0 Å². The highest BCUT2D eigenvalue weighted by molar-refractivity contribution is 14.1. The number of aliphatic hydroxyl groups is 2. The van der Waals surface area contributed by atoms with E-state index < -0.39 is 24.2 Å². The maximum absolute atomic E-state index is 13.2. The summed E-state index contributed by atoms with van der Waals surface area (Å²) in [6.45, 7) is 4.39. The van der Waals surface area contributed by atoms with Gasteiger partial charge in [0.2, 0.25) is 11.8 Å². The van der Waals surface area contributed by atoms with Crippen LogP contribution in [0.4, 0.5) is 0 Å². The molecule has 0 saturated heterocycles. The summed E-state index contributed by atoms with van der Waals surface area (Å²) in [5.74, 6) is -0.0712. The molecule has 0 bridgehead atoms. The van der Waals surface area contributed by atoms with E-state index in [9.17, 15) is 19.5 Å². The van der Waals surface area contributed by atoms with Gasteiger partial charge in [0.1, 0.15) is 25.1 Å². The van der Waals surface area contributed by atoms with Gasteiger partial charge in [-0.2, -0.15) is 0 Å². The smallest absolute Gasteiger partial charge is 0.248 e. The van der Waals surface area contributed by atoms with Gasteiger partial charge in [-0.25, -0.2) is 0 Å². The number of rotatable bonds is 16. The van der Waals surface area contributed by atoms with Gasteiger partial charge < -0.3 is 34.6 Å². The Labute approximate surface area is 237 Å². The molecule has 3 atom stereocenters. The fourth-order valence-electron chi connectivity index (χ4n) is 4.29. The Morgan fingerprint density at radius 2 is 2.00 bits per heavy atom. The number of nitrogens with zero attached hydrogens (tertiary/aromatic N) is 1. The van der Waals surface area contributed by atoms with Gasteiger partial charge in [-0.3, -0.25) is 14.4 Å². The number of benzene rings is 1. The number of hydrogen-bond donors (Lipinski definition) is 3.